The molecule has 4 nitrogen and oxygen atoms in total. The van der Waals surface area contributed by atoms with Crippen LogP contribution in [0.4, 0.5) is 0 Å². The van der Waals surface area contributed by atoms with Gasteiger partial charge in [-0.25, -0.2) is 4.98 Å². The maximum absolute atomic E-state index is 5.17. The summed E-state index contributed by atoms with van der Waals surface area (Å²) < 4.78 is 15.7. The second-order valence-corrected chi connectivity index (χ2v) is 7.84. The minimum absolute atomic E-state index is 0.756. The fourth-order valence-electron chi connectivity index (χ4n) is 1.90. The van der Waals surface area contributed by atoms with Gasteiger partial charge >= 0.3 is 0 Å². The molecule has 7 heteroatoms. The van der Waals surface area contributed by atoms with Crippen LogP contribution in [-0.4, -0.2) is 23.6 Å². The number of hydrogen-bond acceptors (Lipinski definition) is 7. The molecular weight excluding hydrogens is 360 g/mol. The Balaban J connectivity index is 1.56. The van der Waals surface area contributed by atoms with Gasteiger partial charge in [-0.2, -0.15) is 4.37 Å². The molecule has 24 heavy (non-hydrogen) atoms. The van der Waals surface area contributed by atoms with Gasteiger partial charge in [0.2, 0.25) is 0 Å². The standard InChI is InChI=1S/C17H16N2O2S3/c1-20-12-3-7-14(8-4-12)22-11-16-18-17(24-19-16)23-15-9-5-13(21-2)6-10-15/h3-10H,11H2,1-2H3. The van der Waals surface area contributed by atoms with Crippen LogP contribution in [0.2, 0.25) is 0 Å². The van der Waals surface area contributed by atoms with Crippen molar-refractivity contribution in [2.45, 2.75) is 19.9 Å². The smallest absolute Gasteiger partial charge is 0.174 e. The summed E-state index contributed by atoms with van der Waals surface area (Å²) >= 11 is 4.77. The van der Waals surface area contributed by atoms with Gasteiger partial charge < -0.3 is 9.47 Å². The molecule has 0 fully saturated rings. The van der Waals surface area contributed by atoms with E-state index in [-0.39, 0.29) is 0 Å². The predicted molar refractivity (Wildman–Crippen MR) is 99.6 cm³/mol. The molecule has 1 aromatic heterocycles. The first-order chi connectivity index (χ1) is 11.8. The zero-order chi connectivity index (χ0) is 16.8. The summed E-state index contributed by atoms with van der Waals surface area (Å²) in [6.07, 6.45) is 0. The van der Waals surface area contributed by atoms with E-state index in [0.29, 0.717) is 0 Å². The average Bonchev–Trinajstić information content (AvgIpc) is 3.08. The molecule has 0 N–H and O–H groups in total. The average molecular weight is 377 g/mol. The van der Waals surface area contributed by atoms with Gasteiger partial charge in [-0.1, -0.05) is 11.8 Å². The van der Waals surface area contributed by atoms with Crippen molar-refractivity contribution in [1.82, 2.24) is 9.36 Å². The van der Waals surface area contributed by atoms with Crippen LogP contribution in [0.25, 0.3) is 0 Å². The van der Waals surface area contributed by atoms with Gasteiger partial charge in [0, 0.05) is 9.79 Å². The monoisotopic (exact) mass is 376 g/mol. The molecule has 0 spiro atoms. The molecule has 0 saturated carbocycles. The Hall–Kier alpha value is -1.70. The molecule has 0 saturated heterocycles. The number of methoxy groups -OCH3 is 2. The number of ether oxygens (including phenoxy) is 2. The van der Waals surface area contributed by atoms with E-state index < -0.39 is 0 Å². The predicted octanol–water partition coefficient (Wildman–Crippen LogP) is 5.00. The number of thioether (sulfide) groups is 1. The third-order valence-corrected chi connectivity index (χ3v) is 5.95. The number of benzene rings is 2. The number of aromatic nitrogens is 2. The van der Waals surface area contributed by atoms with Gasteiger partial charge in [0.25, 0.3) is 0 Å². The summed E-state index contributed by atoms with van der Waals surface area (Å²) in [5, 5.41) is 0. The first-order valence-corrected chi connectivity index (χ1v) is 9.76. The highest BCUT2D eigenvalue weighted by atomic mass is 32.2. The van der Waals surface area contributed by atoms with Crippen molar-refractivity contribution in [3.8, 4) is 11.5 Å². The Labute approximate surface area is 153 Å². The molecule has 0 atom stereocenters. The molecule has 3 aromatic rings. The maximum atomic E-state index is 5.17. The SMILES string of the molecule is COc1ccc(SCc2nsc(Sc3ccc(OC)cc3)n2)cc1. The zero-order valence-corrected chi connectivity index (χ0v) is 15.7. The fourth-order valence-corrected chi connectivity index (χ4v) is 4.35. The zero-order valence-electron chi connectivity index (χ0n) is 13.3. The normalized spacial score (nSPS) is 10.6. The lowest BCUT2D eigenvalue weighted by Crippen LogP contribution is -1.85. The van der Waals surface area contributed by atoms with Crippen LogP contribution in [0.15, 0.2) is 62.7 Å². The number of rotatable bonds is 7. The molecule has 3 rings (SSSR count). The lowest BCUT2D eigenvalue weighted by molar-refractivity contribution is 0.414. The Bertz CT molecular complexity index is 773. The molecule has 2 aromatic carbocycles. The highest BCUT2D eigenvalue weighted by Gasteiger charge is 2.07. The summed E-state index contributed by atoms with van der Waals surface area (Å²) in [6, 6.07) is 16.0. The molecule has 0 amide bonds. The molecule has 0 aliphatic heterocycles. The van der Waals surface area contributed by atoms with E-state index >= 15 is 0 Å². The molecule has 0 unspecified atom stereocenters. The second-order valence-electron chi connectivity index (χ2n) is 4.72. The van der Waals surface area contributed by atoms with Crippen LogP contribution < -0.4 is 9.47 Å². The van der Waals surface area contributed by atoms with Crippen LogP contribution in [0.3, 0.4) is 0 Å². The van der Waals surface area contributed by atoms with Gasteiger partial charge in [-0.05, 0) is 60.1 Å². The molecule has 0 radical (unpaired) electrons. The maximum Gasteiger partial charge on any atom is 0.174 e. The van der Waals surface area contributed by atoms with Crippen LogP contribution in [0.1, 0.15) is 5.82 Å². The van der Waals surface area contributed by atoms with Gasteiger partial charge in [0.05, 0.1) is 20.0 Å². The summed E-state index contributed by atoms with van der Waals surface area (Å²) in [5.41, 5.74) is 0. The largest absolute Gasteiger partial charge is 0.497 e. The Morgan fingerprint density at radius 3 is 2.04 bits per heavy atom. The van der Waals surface area contributed by atoms with Crippen LogP contribution in [0, 0.1) is 0 Å². The van der Waals surface area contributed by atoms with Crippen molar-refractivity contribution >= 4 is 35.1 Å². The Morgan fingerprint density at radius 2 is 1.46 bits per heavy atom. The number of hydrogen-bond donors (Lipinski definition) is 0. The third kappa shape index (κ3) is 4.66. The highest BCUT2D eigenvalue weighted by Crippen LogP contribution is 2.31. The van der Waals surface area contributed by atoms with Crippen molar-refractivity contribution in [2.24, 2.45) is 0 Å². The van der Waals surface area contributed by atoms with E-state index in [1.165, 1.54) is 16.4 Å². The van der Waals surface area contributed by atoms with Gasteiger partial charge in [0.15, 0.2) is 10.2 Å². The van der Waals surface area contributed by atoms with Crippen LogP contribution >= 0.6 is 35.1 Å². The van der Waals surface area contributed by atoms with Gasteiger partial charge in [0.1, 0.15) is 11.5 Å². The first-order valence-electron chi connectivity index (χ1n) is 7.18. The van der Waals surface area contributed by atoms with Gasteiger partial charge in [-0.3, -0.25) is 0 Å². The Morgan fingerprint density at radius 1 is 0.875 bits per heavy atom. The van der Waals surface area contributed by atoms with E-state index in [9.17, 15) is 0 Å². The van der Waals surface area contributed by atoms with Crippen molar-refractivity contribution < 1.29 is 9.47 Å². The minimum Gasteiger partial charge on any atom is -0.497 e. The fraction of sp³-hybridized carbons (Fsp3) is 0.176. The van der Waals surface area contributed by atoms with Crippen LogP contribution in [0.5, 0.6) is 11.5 Å². The summed E-state index contributed by atoms with van der Waals surface area (Å²) in [4.78, 5) is 6.89. The molecule has 1 heterocycles. The summed E-state index contributed by atoms with van der Waals surface area (Å²) in [6.45, 7) is 0. The molecule has 0 bridgehead atoms. The van der Waals surface area contributed by atoms with E-state index in [0.717, 1.165) is 32.3 Å². The second kappa shape index (κ2) is 8.41. The van der Waals surface area contributed by atoms with E-state index in [1.54, 1.807) is 37.7 Å². The molecule has 0 aliphatic carbocycles. The Kier molecular flexibility index (Phi) is 6.01. The van der Waals surface area contributed by atoms with E-state index in [1.807, 2.05) is 48.5 Å². The topological polar surface area (TPSA) is 44.2 Å². The van der Waals surface area contributed by atoms with Crippen molar-refractivity contribution in [2.75, 3.05) is 14.2 Å². The van der Waals surface area contributed by atoms with Gasteiger partial charge in [-0.15, -0.1) is 11.8 Å². The van der Waals surface area contributed by atoms with Crippen LogP contribution in [-0.2, 0) is 5.75 Å². The van der Waals surface area contributed by atoms with Crippen molar-refractivity contribution in [3.05, 3.63) is 54.4 Å². The molecule has 0 aliphatic rings. The number of nitrogens with zero attached hydrogens (tertiary/aromatic N) is 2. The molecular formula is C17H16N2O2S3. The molecule has 124 valence electrons. The quantitative estimate of drug-likeness (QED) is 0.541. The van der Waals surface area contributed by atoms with Crippen molar-refractivity contribution in [1.29, 1.82) is 0 Å². The highest BCUT2D eigenvalue weighted by molar-refractivity contribution is 8.01. The lowest BCUT2D eigenvalue weighted by Gasteiger charge is -2.01. The first kappa shape index (κ1) is 17.1. The summed E-state index contributed by atoms with van der Waals surface area (Å²) in [7, 11) is 3.34. The van der Waals surface area contributed by atoms with E-state index in [2.05, 4.69) is 9.36 Å². The lowest BCUT2D eigenvalue weighted by atomic mass is 10.3. The van der Waals surface area contributed by atoms with Crippen molar-refractivity contribution in [3.63, 3.8) is 0 Å². The van der Waals surface area contributed by atoms with E-state index in [4.69, 9.17) is 9.47 Å². The third-order valence-electron chi connectivity index (χ3n) is 3.14. The minimum atomic E-state index is 0.756. The summed E-state index contributed by atoms with van der Waals surface area (Å²) in [5.74, 6) is 3.33.